The molecule has 3 aromatic rings. The van der Waals surface area contributed by atoms with Crippen molar-refractivity contribution in [3.8, 4) is 11.5 Å². The zero-order valence-corrected chi connectivity index (χ0v) is 24.9. The van der Waals surface area contributed by atoms with Crippen molar-refractivity contribution in [2.75, 3.05) is 18.6 Å². The summed E-state index contributed by atoms with van der Waals surface area (Å²) in [6.07, 6.45) is 1.90. The van der Waals surface area contributed by atoms with Gasteiger partial charge in [0.25, 0.3) is 17.7 Å². The first-order chi connectivity index (χ1) is 19.1. The summed E-state index contributed by atoms with van der Waals surface area (Å²) in [5, 5.41) is -0.428. The third-order valence-corrected chi connectivity index (χ3v) is 8.98. The molecule has 1 saturated heterocycles. The molecule has 7 nitrogen and oxygen atoms in total. The number of methoxy groups -OCH3 is 1. The van der Waals surface area contributed by atoms with Gasteiger partial charge in [-0.25, -0.2) is 0 Å². The van der Waals surface area contributed by atoms with E-state index in [9.17, 15) is 14.4 Å². The number of nitrogens with zero attached hydrogens (tertiary/aromatic N) is 2. The van der Waals surface area contributed by atoms with Crippen LogP contribution in [0.5, 0.6) is 11.5 Å². The molecule has 0 aliphatic carbocycles. The summed E-state index contributed by atoms with van der Waals surface area (Å²) in [5.74, 6) is -1.00. The monoisotopic (exact) mass is 640 g/mol. The van der Waals surface area contributed by atoms with E-state index in [1.165, 1.54) is 12.0 Å². The Morgan fingerprint density at radius 3 is 1.90 bits per heavy atom. The van der Waals surface area contributed by atoms with Gasteiger partial charge >= 0.3 is 0 Å². The lowest BCUT2D eigenvalue weighted by Crippen LogP contribution is -2.67. The topological polar surface area (TPSA) is 76.2 Å². The molecule has 0 saturated carbocycles. The number of rotatable bonds is 8. The van der Waals surface area contributed by atoms with Gasteiger partial charge in [-0.05, 0) is 42.3 Å². The van der Waals surface area contributed by atoms with E-state index in [2.05, 4.69) is 6.92 Å². The summed E-state index contributed by atoms with van der Waals surface area (Å²) in [6.45, 7) is 2.64. The number of halogens is 5. The zero-order chi connectivity index (χ0) is 28.9. The minimum Gasteiger partial charge on any atom is -0.495 e. The van der Waals surface area contributed by atoms with Crippen molar-refractivity contribution in [3.63, 3.8) is 0 Å². The Morgan fingerprint density at radius 2 is 1.38 bits per heavy atom. The first-order valence-corrected chi connectivity index (χ1v) is 14.1. The largest absolute Gasteiger partial charge is 0.495 e. The van der Waals surface area contributed by atoms with Crippen molar-refractivity contribution in [2.24, 2.45) is 0 Å². The van der Waals surface area contributed by atoms with Crippen LogP contribution in [0, 0.1) is 0 Å². The van der Waals surface area contributed by atoms with Crippen molar-refractivity contribution in [2.45, 2.75) is 31.8 Å². The van der Waals surface area contributed by atoms with E-state index in [1.54, 1.807) is 42.5 Å². The molecule has 0 unspecified atom stereocenters. The van der Waals surface area contributed by atoms with Crippen LogP contribution in [0.1, 0.15) is 52.1 Å². The summed E-state index contributed by atoms with van der Waals surface area (Å²) in [4.78, 5) is 43.3. The molecule has 0 N–H and O–H groups in total. The number of β-lactam (4-membered cyclic amide) rings is 1. The Kier molecular flexibility index (Phi) is 8.15. The Bertz CT molecular complexity index is 1500. The molecule has 40 heavy (non-hydrogen) atoms. The fourth-order valence-corrected chi connectivity index (χ4v) is 6.13. The van der Waals surface area contributed by atoms with E-state index in [4.69, 9.17) is 67.5 Å². The van der Waals surface area contributed by atoms with E-state index >= 15 is 0 Å². The number of fused-ring (bicyclic) bond motifs is 1. The van der Waals surface area contributed by atoms with Crippen LogP contribution >= 0.6 is 58.0 Å². The van der Waals surface area contributed by atoms with Crippen LogP contribution in [0.25, 0.3) is 0 Å². The molecule has 208 valence electrons. The summed E-state index contributed by atoms with van der Waals surface area (Å²) >= 11 is 31.4. The fourth-order valence-electron chi connectivity index (χ4n) is 4.86. The number of carbonyl (C=O) groups is 3. The molecule has 0 radical (unpaired) electrons. The standard InChI is InChI=1S/C28H21Cl5N2O5/c1-3-4-11-40-15-8-5-13(6-9-15)24-25(28(38)34(24)14-7-10-17(39-2)16(29)12-14)35-26(36)18-19(27(35)37)21(31)23(33)22(32)20(18)30/h5-10,12,24-25H,3-4,11H2,1-2H3/t24-,25+/m1/s1. The van der Waals surface area contributed by atoms with E-state index in [-0.39, 0.29) is 31.2 Å². The maximum Gasteiger partial charge on any atom is 0.264 e. The number of carbonyl (C=O) groups excluding carboxylic acids is 3. The summed E-state index contributed by atoms with van der Waals surface area (Å²) in [7, 11) is 1.48. The van der Waals surface area contributed by atoms with Gasteiger partial charge in [0.05, 0.1) is 56.0 Å². The maximum atomic E-state index is 13.7. The van der Waals surface area contributed by atoms with Gasteiger partial charge in [0.2, 0.25) is 0 Å². The van der Waals surface area contributed by atoms with Crippen LogP contribution < -0.4 is 14.4 Å². The highest BCUT2D eigenvalue weighted by Gasteiger charge is 2.58. The lowest BCUT2D eigenvalue weighted by molar-refractivity contribution is -0.130. The molecule has 0 aromatic heterocycles. The van der Waals surface area contributed by atoms with Gasteiger partial charge in [0.1, 0.15) is 17.5 Å². The second kappa shape index (κ2) is 11.3. The minimum atomic E-state index is -1.20. The van der Waals surface area contributed by atoms with Crippen molar-refractivity contribution in [1.29, 1.82) is 0 Å². The molecule has 1 fully saturated rings. The van der Waals surface area contributed by atoms with E-state index < -0.39 is 29.8 Å². The second-order valence-corrected chi connectivity index (χ2v) is 11.1. The van der Waals surface area contributed by atoms with E-state index in [0.717, 1.165) is 17.7 Å². The normalized spacial score (nSPS) is 18.2. The third kappa shape index (κ3) is 4.58. The summed E-state index contributed by atoms with van der Waals surface area (Å²) in [6, 6.07) is 10.1. The first kappa shape index (κ1) is 28.8. The van der Waals surface area contributed by atoms with Crippen molar-refractivity contribution >= 4 is 81.4 Å². The van der Waals surface area contributed by atoms with Gasteiger partial charge in [-0.15, -0.1) is 0 Å². The highest BCUT2D eigenvalue weighted by Crippen LogP contribution is 2.49. The number of imide groups is 1. The van der Waals surface area contributed by atoms with Crippen LogP contribution in [0.15, 0.2) is 42.5 Å². The Morgan fingerprint density at radius 1 is 0.775 bits per heavy atom. The van der Waals surface area contributed by atoms with Gasteiger partial charge in [0, 0.05) is 5.69 Å². The number of amides is 3. The van der Waals surface area contributed by atoms with Crippen LogP contribution in [0.4, 0.5) is 5.69 Å². The van der Waals surface area contributed by atoms with Gasteiger partial charge in [-0.1, -0.05) is 83.5 Å². The van der Waals surface area contributed by atoms with E-state index in [0.29, 0.717) is 34.4 Å². The molecule has 2 aliphatic heterocycles. The first-order valence-electron chi connectivity index (χ1n) is 12.3. The lowest BCUT2D eigenvalue weighted by Gasteiger charge is -2.49. The van der Waals surface area contributed by atoms with Crippen molar-refractivity contribution in [3.05, 3.63) is 84.3 Å². The molecule has 3 aromatic carbocycles. The number of ether oxygens (including phenoxy) is 2. The number of benzene rings is 3. The molecule has 5 rings (SSSR count). The molecule has 12 heteroatoms. The van der Waals surface area contributed by atoms with Gasteiger partial charge < -0.3 is 14.4 Å². The van der Waals surface area contributed by atoms with Gasteiger partial charge in [-0.3, -0.25) is 19.3 Å². The molecule has 2 aliphatic rings. The molecular weight excluding hydrogens is 622 g/mol. The smallest absolute Gasteiger partial charge is 0.264 e. The molecular formula is C28H21Cl5N2O5. The van der Waals surface area contributed by atoms with Gasteiger partial charge in [0.15, 0.2) is 0 Å². The predicted octanol–water partition coefficient (Wildman–Crippen LogP) is 7.89. The number of unbranched alkanes of at least 4 members (excludes halogenated alkanes) is 1. The van der Waals surface area contributed by atoms with Crippen molar-refractivity contribution in [1.82, 2.24) is 4.90 Å². The van der Waals surface area contributed by atoms with Crippen LogP contribution in [0.2, 0.25) is 25.1 Å². The Balaban J connectivity index is 1.57. The average molecular weight is 643 g/mol. The highest BCUT2D eigenvalue weighted by molar-refractivity contribution is 6.55. The maximum absolute atomic E-state index is 13.7. The molecule has 0 bridgehead atoms. The lowest BCUT2D eigenvalue weighted by atomic mass is 9.86. The number of anilines is 1. The summed E-state index contributed by atoms with van der Waals surface area (Å²) in [5.41, 5.74) is 0.731. The summed E-state index contributed by atoms with van der Waals surface area (Å²) < 4.78 is 11.0. The van der Waals surface area contributed by atoms with E-state index in [1.807, 2.05) is 0 Å². The number of hydrogen-bond acceptors (Lipinski definition) is 5. The van der Waals surface area contributed by atoms with Crippen molar-refractivity contribution < 1.29 is 23.9 Å². The quantitative estimate of drug-likeness (QED) is 0.0821. The second-order valence-electron chi connectivity index (χ2n) is 9.17. The predicted molar refractivity (Wildman–Crippen MR) is 156 cm³/mol. The van der Waals surface area contributed by atoms with Gasteiger partial charge in [-0.2, -0.15) is 0 Å². The SMILES string of the molecule is CCCCOc1ccc([C@@H]2[C@H](N3C(=O)c4c(Cl)c(Cl)c(Cl)c(Cl)c4C3=O)C(=O)N2c2ccc(OC)c(Cl)c2)cc1. The van der Waals surface area contributed by atoms with Crippen LogP contribution in [-0.2, 0) is 4.79 Å². The minimum absolute atomic E-state index is 0.153. The highest BCUT2D eigenvalue weighted by atomic mass is 35.5. The average Bonchev–Trinajstić information content (AvgIpc) is 3.19. The fraction of sp³-hybridized carbons (Fsp3) is 0.250. The molecule has 2 heterocycles. The Labute approximate surface area is 255 Å². The Hall–Kier alpha value is -2.68. The molecule has 0 spiro atoms. The third-order valence-electron chi connectivity index (χ3n) is 6.88. The zero-order valence-electron chi connectivity index (χ0n) is 21.1. The number of hydrogen-bond donors (Lipinski definition) is 0. The van der Waals surface area contributed by atoms with Crippen LogP contribution in [0.3, 0.4) is 0 Å². The molecule has 3 amide bonds. The van der Waals surface area contributed by atoms with Crippen LogP contribution in [-0.4, -0.2) is 42.4 Å². The molecule has 2 atom stereocenters.